The van der Waals surface area contributed by atoms with Crippen LogP contribution in [0.25, 0.3) is 15.7 Å². The average Bonchev–Trinajstić information content (AvgIpc) is 3.50. The number of hydrogen-bond donors (Lipinski definition) is 0. The van der Waals surface area contributed by atoms with Crippen molar-refractivity contribution in [3.8, 4) is 5.75 Å². The Bertz CT molecular complexity index is 1510. The Hall–Kier alpha value is -3.78. The van der Waals surface area contributed by atoms with E-state index >= 15 is 0 Å². The molecule has 35 heavy (non-hydrogen) atoms. The number of pyridine rings is 1. The van der Waals surface area contributed by atoms with Gasteiger partial charge in [-0.15, -0.1) is 21.5 Å². The highest BCUT2D eigenvalue weighted by atomic mass is 32.1. The summed E-state index contributed by atoms with van der Waals surface area (Å²) in [5.41, 5.74) is 1.44. The van der Waals surface area contributed by atoms with Crippen LogP contribution in [0, 0.1) is 5.82 Å². The zero-order chi connectivity index (χ0) is 23.8. The molecule has 6 rings (SSSR count). The number of benzene rings is 2. The molecule has 0 N–H and O–H groups in total. The molecule has 1 fully saturated rings. The van der Waals surface area contributed by atoms with Gasteiger partial charge in [0, 0.05) is 40.9 Å². The van der Waals surface area contributed by atoms with Crippen molar-refractivity contribution in [1.29, 1.82) is 0 Å². The van der Waals surface area contributed by atoms with Crippen molar-refractivity contribution < 1.29 is 13.9 Å². The lowest BCUT2D eigenvalue weighted by Gasteiger charge is -2.31. The smallest absolute Gasteiger partial charge is 0.264 e. The number of fused-ring (bicyclic) bond motifs is 2. The number of rotatable bonds is 5. The second-order valence-corrected chi connectivity index (χ2v) is 9.73. The van der Waals surface area contributed by atoms with Crippen LogP contribution in [-0.4, -0.2) is 38.5 Å². The van der Waals surface area contributed by atoms with E-state index in [1.54, 1.807) is 6.07 Å². The highest BCUT2D eigenvalue weighted by molar-refractivity contribution is 7.21. The maximum Gasteiger partial charge on any atom is 0.264 e. The molecule has 0 spiro atoms. The average molecular weight is 487 g/mol. The zero-order valence-electron chi connectivity index (χ0n) is 18.9. The van der Waals surface area contributed by atoms with E-state index in [9.17, 15) is 9.18 Å². The van der Waals surface area contributed by atoms with Crippen LogP contribution in [0.15, 0.2) is 72.9 Å². The highest BCUT2D eigenvalue weighted by Gasteiger charge is 2.30. The van der Waals surface area contributed by atoms with Crippen molar-refractivity contribution in [1.82, 2.24) is 19.5 Å². The monoisotopic (exact) mass is 486 g/mol. The molecule has 3 aromatic heterocycles. The molecule has 5 aromatic rings. The Morgan fingerprint density at radius 2 is 1.80 bits per heavy atom. The molecule has 8 heteroatoms. The Balaban J connectivity index is 1.25. The molecule has 1 saturated heterocycles. The minimum absolute atomic E-state index is 0.0678. The van der Waals surface area contributed by atoms with E-state index in [0.29, 0.717) is 34.7 Å². The van der Waals surface area contributed by atoms with Gasteiger partial charge < -0.3 is 9.64 Å². The van der Waals surface area contributed by atoms with Crippen molar-refractivity contribution in [2.75, 3.05) is 13.1 Å². The molecule has 1 amide bonds. The van der Waals surface area contributed by atoms with Crippen LogP contribution in [-0.2, 0) is 6.61 Å². The number of likely N-dealkylation sites (tertiary alicyclic amines) is 1. The molecular weight excluding hydrogens is 463 g/mol. The first-order valence-electron chi connectivity index (χ1n) is 11.7. The number of thiophene rings is 1. The molecule has 0 saturated carbocycles. The van der Waals surface area contributed by atoms with Gasteiger partial charge in [0.15, 0.2) is 5.65 Å². The number of amides is 1. The minimum Gasteiger partial charge on any atom is -0.489 e. The fraction of sp³-hybridized carbons (Fsp3) is 0.222. The van der Waals surface area contributed by atoms with Crippen molar-refractivity contribution >= 4 is 33.0 Å². The predicted octanol–water partition coefficient (Wildman–Crippen LogP) is 5.68. The van der Waals surface area contributed by atoms with Crippen molar-refractivity contribution in [3.05, 3.63) is 95.0 Å². The van der Waals surface area contributed by atoms with Gasteiger partial charge >= 0.3 is 0 Å². The normalized spacial score (nSPS) is 14.6. The summed E-state index contributed by atoms with van der Waals surface area (Å²) >= 11 is 1.34. The molecular formula is C27H23FN4O2S. The molecule has 2 aromatic carbocycles. The summed E-state index contributed by atoms with van der Waals surface area (Å²) in [5.74, 6) is 1.46. The maximum atomic E-state index is 14.8. The Kier molecular flexibility index (Phi) is 5.66. The number of carbonyl (C=O) groups excluding carboxylic acids is 1. The van der Waals surface area contributed by atoms with E-state index in [0.717, 1.165) is 29.0 Å². The first-order chi connectivity index (χ1) is 17.2. The van der Waals surface area contributed by atoms with Gasteiger partial charge in [-0.05, 0) is 49.2 Å². The first kappa shape index (κ1) is 21.7. The number of aromatic nitrogens is 3. The summed E-state index contributed by atoms with van der Waals surface area (Å²) in [4.78, 5) is 16.1. The van der Waals surface area contributed by atoms with Crippen LogP contribution in [0.4, 0.5) is 4.39 Å². The molecule has 1 aliphatic heterocycles. The number of halogens is 1. The SMILES string of the molecule is O=C(c1sc2cccc(F)c2c1COc1ccccc1)N1CCC(c2nnc3ccccn23)CC1. The molecule has 0 bridgehead atoms. The number of para-hydroxylation sites is 1. The topological polar surface area (TPSA) is 59.7 Å². The number of ether oxygens (including phenoxy) is 1. The van der Waals surface area contributed by atoms with Gasteiger partial charge in [0.2, 0.25) is 0 Å². The highest BCUT2D eigenvalue weighted by Crippen LogP contribution is 2.36. The van der Waals surface area contributed by atoms with Crippen LogP contribution >= 0.6 is 11.3 Å². The maximum absolute atomic E-state index is 14.8. The molecule has 176 valence electrons. The van der Waals surface area contributed by atoms with Crippen LogP contribution in [0.5, 0.6) is 5.75 Å². The standard InChI is InChI=1S/C27H23FN4O2S/c28-21-9-6-10-22-24(21)20(17-34-19-7-2-1-3-8-19)25(35-22)27(33)31-15-12-18(13-16-31)26-30-29-23-11-4-5-14-32(23)26/h1-11,14,18H,12-13,15-17H2. The van der Waals surface area contributed by atoms with Crippen molar-refractivity contribution in [2.45, 2.75) is 25.4 Å². The first-order valence-corrected chi connectivity index (χ1v) is 12.5. The molecule has 0 aliphatic carbocycles. The largest absolute Gasteiger partial charge is 0.489 e. The quantitative estimate of drug-likeness (QED) is 0.321. The Labute approximate surface area is 205 Å². The third-order valence-corrected chi connectivity index (χ3v) is 7.76. The number of nitrogens with zero attached hydrogens (tertiary/aromatic N) is 4. The van der Waals surface area contributed by atoms with Gasteiger partial charge in [-0.3, -0.25) is 9.20 Å². The third-order valence-electron chi connectivity index (χ3n) is 6.57. The van der Waals surface area contributed by atoms with E-state index in [2.05, 4.69) is 10.2 Å². The van der Waals surface area contributed by atoms with E-state index in [1.165, 1.54) is 17.4 Å². The van der Waals surface area contributed by atoms with E-state index in [-0.39, 0.29) is 24.2 Å². The van der Waals surface area contributed by atoms with Crippen LogP contribution in [0.1, 0.15) is 39.8 Å². The second kappa shape index (κ2) is 9.11. The van der Waals surface area contributed by atoms with Crippen LogP contribution in [0.2, 0.25) is 0 Å². The molecule has 1 aliphatic rings. The number of hydrogen-bond acceptors (Lipinski definition) is 5. The molecule has 0 unspecified atom stereocenters. The van der Waals surface area contributed by atoms with Crippen LogP contribution < -0.4 is 4.74 Å². The van der Waals surface area contributed by atoms with Gasteiger partial charge in [-0.2, -0.15) is 0 Å². The van der Waals surface area contributed by atoms with Gasteiger partial charge in [-0.1, -0.05) is 30.3 Å². The summed E-state index contributed by atoms with van der Waals surface area (Å²) in [5, 5.41) is 9.15. The minimum atomic E-state index is -0.332. The fourth-order valence-electron chi connectivity index (χ4n) is 4.77. The second-order valence-electron chi connectivity index (χ2n) is 8.68. The third kappa shape index (κ3) is 4.04. The van der Waals surface area contributed by atoms with Gasteiger partial charge in [0.05, 0.1) is 4.88 Å². The summed E-state index contributed by atoms with van der Waals surface area (Å²) < 4.78 is 23.6. The molecule has 6 nitrogen and oxygen atoms in total. The van der Waals surface area contributed by atoms with Gasteiger partial charge in [-0.25, -0.2) is 4.39 Å². The predicted molar refractivity (Wildman–Crippen MR) is 133 cm³/mol. The van der Waals surface area contributed by atoms with Gasteiger partial charge in [0.1, 0.15) is 24.0 Å². The Morgan fingerprint density at radius 1 is 1.00 bits per heavy atom. The lowest BCUT2D eigenvalue weighted by atomic mass is 9.95. The number of piperidine rings is 1. The molecule has 0 radical (unpaired) electrons. The zero-order valence-corrected chi connectivity index (χ0v) is 19.7. The summed E-state index contributed by atoms with van der Waals surface area (Å²) in [7, 11) is 0. The van der Waals surface area contributed by atoms with E-state index < -0.39 is 0 Å². The fourth-order valence-corrected chi connectivity index (χ4v) is 5.96. The molecule has 0 atom stereocenters. The number of carbonyl (C=O) groups is 1. The van der Waals surface area contributed by atoms with E-state index in [4.69, 9.17) is 4.74 Å². The van der Waals surface area contributed by atoms with E-state index in [1.807, 2.05) is 70.1 Å². The summed E-state index contributed by atoms with van der Waals surface area (Å²) in [6, 6.07) is 20.2. The van der Waals surface area contributed by atoms with Gasteiger partial charge in [0.25, 0.3) is 5.91 Å². The lowest BCUT2D eigenvalue weighted by molar-refractivity contribution is 0.0713. The van der Waals surface area contributed by atoms with Crippen LogP contribution in [0.3, 0.4) is 0 Å². The van der Waals surface area contributed by atoms with Crippen molar-refractivity contribution in [3.63, 3.8) is 0 Å². The Morgan fingerprint density at radius 3 is 2.63 bits per heavy atom. The summed E-state index contributed by atoms with van der Waals surface area (Å²) in [6.07, 6.45) is 3.58. The lowest BCUT2D eigenvalue weighted by Crippen LogP contribution is -2.38. The molecule has 4 heterocycles. The summed E-state index contributed by atoms with van der Waals surface area (Å²) in [6.45, 7) is 1.36. The van der Waals surface area contributed by atoms with Crippen molar-refractivity contribution in [2.24, 2.45) is 0 Å².